The van der Waals surface area contributed by atoms with Crippen LogP contribution in [0.15, 0.2) is 45.9 Å². The summed E-state index contributed by atoms with van der Waals surface area (Å²) >= 11 is 6.08. The lowest BCUT2D eigenvalue weighted by molar-refractivity contribution is -0.120. The van der Waals surface area contributed by atoms with E-state index in [1.165, 1.54) is 6.21 Å². The van der Waals surface area contributed by atoms with Crippen LogP contribution in [0.5, 0.6) is 0 Å². The fourth-order valence-corrected chi connectivity index (χ4v) is 1.70. The number of hydrogen-bond donors (Lipinski definition) is 1. The molecule has 1 N–H and O–H groups in total. The van der Waals surface area contributed by atoms with Crippen molar-refractivity contribution in [3.63, 3.8) is 0 Å². The maximum atomic E-state index is 11.0. The van der Waals surface area contributed by atoms with Crippen LogP contribution in [0.2, 0.25) is 5.02 Å². The highest BCUT2D eigenvalue weighted by Crippen LogP contribution is 2.28. The Morgan fingerprint density at radius 3 is 2.89 bits per heavy atom. The van der Waals surface area contributed by atoms with Crippen molar-refractivity contribution in [3.8, 4) is 11.3 Å². The van der Waals surface area contributed by atoms with Crippen molar-refractivity contribution in [2.45, 2.75) is 13.3 Å². The first kappa shape index (κ1) is 13.4. The first-order valence-electron chi connectivity index (χ1n) is 5.87. The van der Waals surface area contributed by atoms with Gasteiger partial charge in [0.05, 0.1) is 11.2 Å². The Labute approximate surface area is 116 Å². The van der Waals surface area contributed by atoms with Gasteiger partial charge in [-0.2, -0.15) is 5.10 Å². The number of hydrogen-bond acceptors (Lipinski definition) is 3. The van der Waals surface area contributed by atoms with Crippen LogP contribution in [0.25, 0.3) is 11.3 Å². The normalized spacial score (nSPS) is 10.8. The summed E-state index contributed by atoms with van der Waals surface area (Å²) in [6.07, 6.45) is 1.84. The standard InChI is InChI=1S/C14H13ClN2O2/c1-2-14(18)17-16-9-10-7-8-13(19-10)11-5-3-4-6-12(11)15/h3-9H,2H2,1H3,(H,17,18)/b16-9-. The van der Waals surface area contributed by atoms with E-state index in [2.05, 4.69) is 10.5 Å². The fraction of sp³-hybridized carbons (Fsp3) is 0.143. The van der Waals surface area contributed by atoms with Crippen LogP contribution in [0, 0.1) is 0 Å². The summed E-state index contributed by atoms with van der Waals surface area (Å²) in [6, 6.07) is 11.0. The molecule has 0 radical (unpaired) electrons. The largest absolute Gasteiger partial charge is 0.455 e. The predicted octanol–water partition coefficient (Wildman–Crippen LogP) is 3.46. The van der Waals surface area contributed by atoms with Gasteiger partial charge in [0.1, 0.15) is 11.5 Å². The van der Waals surface area contributed by atoms with Gasteiger partial charge < -0.3 is 4.42 Å². The Balaban J connectivity index is 2.12. The molecule has 0 spiro atoms. The molecule has 19 heavy (non-hydrogen) atoms. The summed E-state index contributed by atoms with van der Waals surface area (Å²) in [5.74, 6) is 1.06. The van der Waals surface area contributed by atoms with Gasteiger partial charge in [0, 0.05) is 12.0 Å². The molecule has 0 fully saturated rings. The van der Waals surface area contributed by atoms with E-state index in [1.54, 1.807) is 19.1 Å². The third kappa shape index (κ3) is 3.45. The van der Waals surface area contributed by atoms with Gasteiger partial charge in [0.15, 0.2) is 0 Å². The van der Waals surface area contributed by atoms with Crippen LogP contribution in [0.3, 0.4) is 0 Å². The second-order valence-electron chi connectivity index (χ2n) is 3.83. The number of rotatable bonds is 4. The zero-order chi connectivity index (χ0) is 13.7. The minimum Gasteiger partial charge on any atom is -0.455 e. The van der Waals surface area contributed by atoms with Gasteiger partial charge in [-0.3, -0.25) is 4.79 Å². The highest BCUT2D eigenvalue weighted by atomic mass is 35.5. The van der Waals surface area contributed by atoms with Crippen LogP contribution in [0.1, 0.15) is 19.1 Å². The molecule has 1 heterocycles. The number of nitrogens with one attached hydrogen (secondary N) is 1. The third-order valence-corrected chi connectivity index (χ3v) is 2.80. The lowest BCUT2D eigenvalue weighted by Crippen LogP contribution is -2.15. The molecule has 0 saturated carbocycles. The minimum absolute atomic E-state index is 0.144. The van der Waals surface area contributed by atoms with Crippen molar-refractivity contribution >= 4 is 23.7 Å². The summed E-state index contributed by atoms with van der Waals surface area (Å²) in [5, 5.41) is 4.42. The minimum atomic E-state index is -0.144. The predicted molar refractivity (Wildman–Crippen MR) is 75.2 cm³/mol. The van der Waals surface area contributed by atoms with E-state index >= 15 is 0 Å². The van der Waals surface area contributed by atoms with Crippen LogP contribution in [-0.4, -0.2) is 12.1 Å². The van der Waals surface area contributed by atoms with Crippen molar-refractivity contribution in [3.05, 3.63) is 47.2 Å². The Morgan fingerprint density at radius 1 is 1.37 bits per heavy atom. The maximum absolute atomic E-state index is 11.0. The number of nitrogens with zero attached hydrogens (tertiary/aromatic N) is 1. The smallest absolute Gasteiger partial charge is 0.239 e. The molecule has 98 valence electrons. The summed E-state index contributed by atoms with van der Waals surface area (Å²) in [7, 11) is 0. The van der Waals surface area contributed by atoms with Gasteiger partial charge >= 0.3 is 0 Å². The Morgan fingerprint density at radius 2 is 2.16 bits per heavy atom. The summed E-state index contributed by atoms with van der Waals surface area (Å²) in [4.78, 5) is 11.0. The number of halogens is 1. The first-order chi connectivity index (χ1) is 9.20. The maximum Gasteiger partial charge on any atom is 0.239 e. The van der Waals surface area contributed by atoms with Crippen LogP contribution in [-0.2, 0) is 4.79 Å². The monoisotopic (exact) mass is 276 g/mol. The molecule has 0 bridgehead atoms. The molecule has 0 aliphatic rings. The number of carbonyl (C=O) groups is 1. The zero-order valence-corrected chi connectivity index (χ0v) is 11.1. The van der Waals surface area contributed by atoms with Gasteiger partial charge in [-0.15, -0.1) is 0 Å². The van der Waals surface area contributed by atoms with E-state index in [0.29, 0.717) is 23.0 Å². The summed E-state index contributed by atoms with van der Waals surface area (Å²) < 4.78 is 5.58. The van der Waals surface area contributed by atoms with Crippen molar-refractivity contribution in [2.24, 2.45) is 5.10 Å². The van der Waals surface area contributed by atoms with E-state index in [-0.39, 0.29) is 5.91 Å². The molecule has 1 amide bonds. The zero-order valence-electron chi connectivity index (χ0n) is 10.4. The van der Waals surface area contributed by atoms with E-state index in [4.69, 9.17) is 16.0 Å². The number of hydrazone groups is 1. The SMILES string of the molecule is CCC(=O)N/N=C\c1ccc(-c2ccccc2Cl)o1. The molecule has 4 nitrogen and oxygen atoms in total. The second kappa shape index (κ2) is 6.20. The fourth-order valence-electron chi connectivity index (χ4n) is 1.47. The number of amides is 1. The molecular formula is C14H13ClN2O2. The van der Waals surface area contributed by atoms with Gasteiger partial charge in [-0.05, 0) is 24.3 Å². The van der Waals surface area contributed by atoms with Gasteiger partial charge in [0.2, 0.25) is 5.91 Å². The van der Waals surface area contributed by atoms with Crippen molar-refractivity contribution in [1.82, 2.24) is 5.43 Å². The van der Waals surface area contributed by atoms with E-state index in [9.17, 15) is 4.79 Å². The third-order valence-electron chi connectivity index (χ3n) is 2.47. The average Bonchev–Trinajstić information content (AvgIpc) is 2.87. The molecule has 2 rings (SSSR count). The molecule has 1 aromatic heterocycles. The molecule has 1 aromatic carbocycles. The molecule has 0 saturated heterocycles. The molecule has 0 unspecified atom stereocenters. The van der Waals surface area contributed by atoms with E-state index in [1.807, 2.05) is 24.3 Å². The van der Waals surface area contributed by atoms with E-state index < -0.39 is 0 Å². The molecule has 2 aromatic rings. The van der Waals surface area contributed by atoms with Gasteiger partial charge in [-0.25, -0.2) is 5.43 Å². The molecule has 0 aliphatic heterocycles. The van der Waals surface area contributed by atoms with Crippen LogP contribution in [0.4, 0.5) is 0 Å². The molecule has 5 heteroatoms. The van der Waals surface area contributed by atoms with Crippen molar-refractivity contribution in [2.75, 3.05) is 0 Å². The lowest BCUT2D eigenvalue weighted by atomic mass is 10.2. The van der Waals surface area contributed by atoms with Gasteiger partial charge in [-0.1, -0.05) is 30.7 Å². The topological polar surface area (TPSA) is 54.6 Å². The van der Waals surface area contributed by atoms with Crippen molar-refractivity contribution in [1.29, 1.82) is 0 Å². The highest BCUT2D eigenvalue weighted by molar-refractivity contribution is 6.33. The first-order valence-corrected chi connectivity index (χ1v) is 6.25. The number of furan rings is 1. The highest BCUT2D eigenvalue weighted by Gasteiger charge is 2.06. The number of benzene rings is 1. The summed E-state index contributed by atoms with van der Waals surface area (Å²) in [6.45, 7) is 1.76. The average molecular weight is 277 g/mol. The quantitative estimate of drug-likeness (QED) is 0.687. The lowest BCUT2D eigenvalue weighted by Gasteiger charge is -1.98. The molecule has 0 aliphatic carbocycles. The molecular weight excluding hydrogens is 264 g/mol. The molecule has 0 atom stereocenters. The van der Waals surface area contributed by atoms with E-state index in [0.717, 1.165) is 5.56 Å². The second-order valence-corrected chi connectivity index (χ2v) is 4.24. The van der Waals surface area contributed by atoms with Gasteiger partial charge in [0.25, 0.3) is 0 Å². The Bertz CT molecular complexity index is 605. The van der Waals surface area contributed by atoms with Crippen LogP contribution >= 0.6 is 11.6 Å². The Kier molecular flexibility index (Phi) is 4.36. The summed E-state index contributed by atoms with van der Waals surface area (Å²) in [5.41, 5.74) is 3.21. The van der Waals surface area contributed by atoms with Crippen LogP contribution < -0.4 is 5.43 Å². The van der Waals surface area contributed by atoms with Crippen molar-refractivity contribution < 1.29 is 9.21 Å². The Hall–Kier alpha value is -2.07. The number of carbonyl (C=O) groups excluding carboxylic acids is 1.